The van der Waals surface area contributed by atoms with Crippen LogP contribution in [0.4, 0.5) is 11.8 Å². The summed E-state index contributed by atoms with van der Waals surface area (Å²) in [5.41, 5.74) is 2.83. The first kappa shape index (κ1) is 18.2. The Bertz CT molecular complexity index is 778. The number of piperidine rings is 1. The third-order valence-electron chi connectivity index (χ3n) is 4.71. The summed E-state index contributed by atoms with van der Waals surface area (Å²) < 4.78 is 0. The average Bonchev–Trinajstić information content (AvgIpc) is 2.67. The van der Waals surface area contributed by atoms with Gasteiger partial charge in [-0.25, -0.2) is 9.97 Å². The fraction of sp³-hybridized carbons (Fsp3) is 0.526. The van der Waals surface area contributed by atoms with Crippen LogP contribution in [-0.2, 0) is 17.6 Å². The standard InChI is InChI=1S/C19H26N6O/c1-4-15-16(5-2)23-24-19(21-15)25-11-7-9-14(12-25)18(26)22-17-10-6-8-13(3)20-17/h6,8,10,14H,4-5,7,9,11-12H2,1-3H3,(H,20,22,26). The predicted octanol–water partition coefficient (Wildman–Crippen LogP) is 2.55. The average molecular weight is 354 g/mol. The van der Waals surface area contributed by atoms with Crippen molar-refractivity contribution < 1.29 is 4.79 Å². The number of hydrogen-bond acceptors (Lipinski definition) is 6. The van der Waals surface area contributed by atoms with Crippen LogP contribution in [0.25, 0.3) is 0 Å². The molecular formula is C19H26N6O. The van der Waals surface area contributed by atoms with Gasteiger partial charge < -0.3 is 10.2 Å². The van der Waals surface area contributed by atoms with Gasteiger partial charge in [0.25, 0.3) is 0 Å². The number of nitrogens with one attached hydrogen (secondary N) is 1. The molecule has 0 aromatic carbocycles. The van der Waals surface area contributed by atoms with E-state index in [-0.39, 0.29) is 11.8 Å². The second-order valence-corrected chi connectivity index (χ2v) is 6.65. The van der Waals surface area contributed by atoms with E-state index in [9.17, 15) is 4.79 Å². The summed E-state index contributed by atoms with van der Waals surface area (Å²) in [4.78, 5) is 23.7. The van der Waals surface area contributed by atoms with Crippen LogP contribution in [-0.4, -0.2) is 39.2 Å². The van der Waals surface area contributed by atoms with Gasteiger partial charge in [0.05, 0.1) is 17.3 Å². The molecule has 2 aromatic heterocycles. The van der Waals surface area contributed by atoms with E-state index in [0.717, 1.165) is 49.3 Å². The molecule has 0 aliphatic carbocycles. The van der Waals surface area contributed by atoms with Gasteiger partial charge in [-0.05, 0) is 44.7 Å². The Hall–Kier alpha value is -2.57. The highest BCUT2D eigenvalue weighted by Gasteiger charge is 2.28. The Morgan fingerprint density at radius 1 is 1.19 bits per heavy atom. The van der Waals surface area contributed by atoms with Crippen molar-refractivity contribution in [3.05, 3.63) is 35.3 Å². The predicted molar refractivity (Wildman–Crippen MR) is 101 cm³/mol. The van der Waals surface area contributed by atoms with E-state index >= 15 is 0 Å². The molecule has 26 heavy (non-hydrogen) atoms. The Balaban J connectivity index is 1.70. The molecule has 138 valence electrons. The minimum absolute atomic E-state index is 0.00153. The molecule has 1 saturated heterocycles. The van der Waals surface area contributed by atoms with Crippen molar-refractivity contribution in [3.63, 3.8) is 0 Å². The second-order valence-electron chi connectivity index (χ2n) is 6.65. The molecular weight excluding hydrogens is 328 g/mol. The molecule has 3 heterocycles. The normalized spacial score (nSPS) is 17.2. The monoisotopic (exact) mass is 354 g/mol. The quantitative estimate of drug-likeness (QED) is 0.888. The molecule has 2 aromatic rings. The number of carbonyl (C=O) groups excluding carboxylic acids is 1. The maximum absolute atomic E-state index is 12.6. The zero-order valence-electron chi connectivity index (χ0n) is 15.7. The Labute approximate surface area is 154 Å². The lowest BCUT2D eigenvalue weighted by molar-refractivity contribution is -0.120. The van der Waals surface area contributed by atoms with Crippen LogP contribution >= 0.6 is 0 Å². The molecule has 0 radical (unpaired) electrons. The van der Waals surface area contributed by atoms with Crippen LogP contribution < -0.4 is 10.2 Å². The van der Waals surface area contributed by atoms with E-state index in [2.05, 4.69) is 44.2 Å². The molecule has 3 rings (SSSR count). The number of hydrogen-bond donors (Lipinski definition) is 1. The number of aryl methyl sites for hydroxylation is 3. The van der Waals surface area contributed by atoms with Crippen LogP contribution in [0.3, 0.4) is 0 Å². The largest absolute Gasteiger partial charge is 0.339 e. The smallest absolute Gasteiger partial charge is 0.245 e. The number of aromatic nitrogens is 4. The number of carbonyl (C=O) groups is 1. The Morgan fingerprint density at radius 3 is 2.73 bits per heavy atom. The van der Waals surface area contributed by atoms with E-state index in [0.29, 0.717) is 18.3 Å². The molecule has 1 amide bonds. The SMILES string of the molecule is CCc1nnc(N2CCCC(C(=O)Nc3cccc(C)n3)C2)nc1CC. The third-order valence-corrected chi connectivity index (χ3v) is 4.71. The van der Waals surface area contributed by atoms with Crippen molar-refractivity contribution in [1.82, 2.24) is 20.2 Å². The molecule has 1 fully saturated rings. The Morgan fingerprint density at radius 2 is 2.00 bits per heavy atom. The van der Waals surface area contributed by atoms with Gasteiger partial charge in [0, 0.05) is 18.8 Å². The molecule has 1 N–H and O–H groups in total. The number of anilines is 2. The molecule has 1 unspecified atom stereocenters. The lowest BCUT2D eigenvalue weighted by Gasteiger charge is -2.31. The van der Waals surface area contributed by atoms with Gasteiger partial charge in [-0.2, -0.15) is 5.10 Å². The molecule has 7 heteroatoms. The molecule has 1 aliphatic rings. The fourth-order valence-electron chi connectivity index (χ4n) is 3.28. The van der Waals surface area contributed by atoms with Gasteiger partial charge in [0.1, 0.15) is 5.82 Å². The summed E-state index contributed by atoms with van der Waals surface area (Å²) in [5.74, 6) is 1.13. The maximum atomic E-state index is 12.6. The zero-order valence-corrected chi connectivity index (χ0v) is 15.7. The van der Waals surface area contributed by atoms with Gasteiger partial charge in [-0.15, -0.1) is 5.10 Å². The first-order valence-electron chi connectivity index (χ1n) is 9.32. The summed E-state index contributed by atoms with van der Waals surface area (Å²) in [7, 11) is 0. The van der Waals surface area contributed by atoms with E-state index in [1.807, 2.05) is 25.1 Å². The van der Waals surface area contributed by atoms with Gasteiger partial charge in [-0.1, -0.05) is 19.9 Å². The molecule has 1 atom stereocenters. The first-order valence-corrected chi connectivity index (χ1v) is 9.32. The lowest BCUT2D eigenvalue weighted by Crippen LogP contribution is -2.41. The maximum Gasteiger partial charge on any atom is 0.245 e. The van der Waals surface area contributed by atoms with Crippen molar-refractivity contribution in [2.45, 2.75) is 46.5 Å². The molecule has 7 nitrogen and oxygen atoms in total. The highest BCUT2D eigenvalue weighted by Crippen LogP contribution is 2.22. The van der Waals surface area contributed by atoms with Crippen molar-refractivity contribution in [2.75, 3.05) is 23.3 Å². The van der Waals surface area contributed by atoms with Crippen molar-refractivity contribution in [1.29, 1.82) is 0 Å². The van der Waals surface area contributed by atoms with Gasteiger partial charge in [-0.3, -0.25) is 4.79 Å². The van der Waals surface area contributed by atoms with Gasteiger partial charge in [0.2, 0.25) is 11.9 Å². The van der Waals surface area contributed by atoms with Crippen LogP contribution in [0.2, 0.25) is 0 Å². The second kappa shape index (κ2) is 8.21. The van der Waals surface area contributed by atoms with Gasteiger partial charge in [0.15, 0.2) is 0 Å². The Kier molecular flexibility index (Phi) is 5.75. The molecule has 0 spiro atoms. The summed E-state index contributed by atoms with van der Waals surface area (Å²) in [5, 5.41) is 11.5. The van der Waals surface area contributed by atoms with Crippen LogP contribution in [0.15, 0.2) is 18.2 Å². The minimum Gasteiger partial charge on any atom is -0.339 e. The third kappa shape index (κ3) is 4.15. The van der Waals surface area contributed by atoms with E-state index < -0.39 is 0 Å². The summed E-state index contributed by atoms with van der Waals surface area (Å²) in [6.45, 7) is 7.50. The van der Waals surface area contributed by atoms with Crippen molar-refractivity contribution in [3.8, 4) is 0 Å². The van der Waals surface area contributed by atoms with E-state index in [1.54, 1.807) is 0 Å². The van der Waals surface area contributed by atoms with Crippen LogP contribution in [0.1, 0.15) is 43.8 Å². The highest BCUT2D eigenvalue weighted by molar-refractivity contribution is 5.92. The fourth-order valence-corrected chi connectivity index (χ4v) is 3.28. The van der Waals surface area contributed by atoms with Gasteiger partial charge >= 0.3 is 0 Å². The van der Waals surface area contributed by atoms with Crippen molar-refractivity contribution in [2.24, 2.45) is 5.92 Å². The highest BCUT2D eigenvalue weighted by atomic mass is 16.2. The summed E-state index contributed by atoms with van der Waals surface area (Å²) in [6, 6.07) is 5.62. The lowest BCUT2D eigenvalue weighted by atomic mass is 9.97. The van der Waals surface area contributed by atoms with E-state index in [4.69, 9.17) is 0 Å². The van der Waals surface area contributed by atoms with E-state index in [1.165, 1.54) is 0 Å². The molecule has 0 bridgehead atoms. The van der Waals surface area contributed by atoms with Crippen LogP contribution in [0, 0.1) is 12.8 Å². The van der Waals surface area contributed by atoms with Crippen LogP contribution in [0.5, 0.6) is 0 Å². The molecule has 0 saturated carbocycles. The topological polar surface area (TPSA) is 83.9 Å². The number of amides is 1. The number of nitrogens with zero attached hydrogens (tertiary/aromatic N) is 5. The molecule has 1 aliphatic heterocycles. The zero-order chi connectivity index (χ0) is 18.5. The summed E-state index contributed by atoms with van der Waals surface area (Å²) in [6.07, 6.45) is 3.45. The summed E-state index contributed by atoms with van der Waals surface area (Å²) >= 11 is 0. The van der Waals surface area contributed by atoms with Crippen molar-refractivity contribution >= 4 is 17.7 Å². The number of pyridine rings is 1. The first-order chi connectivity index (χ1) is 12.6. The number of rotatable bonds is 5. The minimum atomic E-state index is -0.106.